The molecular formula is C16H26BrClN2O2. The van der Waals surface area contributed by atoms with Crippen molar-refractivity contribution in [3.05, 3.63) is 28.7 Å². The number of hydrogen-bond donors (Lipinski definition) is 2. The summed E-state index contributed by atoms with van der Waals surface area (Å²) in [6.45, 7) is 5.09. The lowest BCUT2D eigenvalue weighted by Gasteiger charge is -2.31. The van der Waals surface area contributed by atoms with Crippen molar-refractivity contribution in [1.82, 2.24) is 5.32 Å². The number of carbonyl (C=O) groups excluding carboxylic acids is 1. The molecule has 1 aromatic carbocycles. The highest BCUT2D eigenvalue weighted by molar-refractivity contribution is 9.10. The molecule has 0 fully saturated rings. The first-order valence-electron chi connectivity index (χ1n) is 7.45. The lowest BCUT2D eigenvalue weighted by atomic mass is 9.92. The van der Waals surface area contributed by atoms with Crippen LogP contribution in [-0.4, -0.2) is 24.6 Å². The van der Waals surface area contributed by atoms with Gasteiger partial charge in [-0.2, -0.15) is 0 Å². The third-order valence-electron chi connectivity index (χ3n) is 3.79. The Balaban J connectivity index is 0.00000441. The second-order valence-corrected chi connectivity index (χ2v) is 5.98. The number of nitrogens with two attached hydrogens (primary N) is 1. The summed E-state index contributed by atoms with van der Waals surface area (Å²) in [5.74, 6) is 0.844. The molecule has 126 valence electrons. The Hall–Kier alpha value is -0.780. The van der Waals surface area contributed by atoms with Gasteiger partial charge in [0.15, 0.2) is 0 Å². The van der Waals surface area contributed by atoms with Crippen LogP contribution >= 0.6 is 28.3 Å². The number of amides is 1. The van der Waals surface area contributed by atoms with E-state index in [2.05, 4.69) is 21.2 Å². The van der Waals surface area contributed by atoms with Crippen LogP contribution in [0.4, 0.5) is 0 Å². The molecule has 4 nitrogen and oxygen atoms in total. The average molecular weight is 394 g/mol. The van der Waals surface area contributed by atoms with Gasteiger partial charge in [0.05, 0.1) is 16.6 Å². The van der Waals surface area contributed by atoms with Gasteiger partial charge in [-0.25, -0.2) is 0 Å². The summed E-state index contributed by atoms with van der Waals surface area (Å²) in [4.78, 5) is 12.0. The maximum absolute atomic E-state index is 12.0. The molecule has 0 saturated heterocycles. The zero-order valence-electron chi connectivity index (χ0n) is 13.2. The molecule has 0 atom stereocenters. The molecule has 0 aliphatic heterocycles. The van der Waals surface area contributed by atoms with E-state index < -0.39 is 0 Å². The molecule has 0 aromatic heterocycles. The number of carbonyl (C=O) groups is 1. The molecule has 22 heavy (non-hydrogen) atoms. The van der Waals surface area contributed by atoms with E-state index in [-0.39, 0.29) is 23.9 Å². The number of nitrogens with one attached hydrogen (secondary N) is 1. The molecule has 0 aliphatic rings. The van der Waals surface area contributed by atoms with Crippen molar-refractivity contribution in [2.75, 3.05) is 13.2 Å². The van der Waals surface area contributed by atoms with Crippen molar-refractivity contribution in [3.8, 4) is 5.75 Å². The van der Waals surface area contributed by atoms with Crippen molar-refractivity contribution in [1.29, 1.82) is 0 Å². The molecular weight excluding hydrogens is 368 g/mol. The Morgan fingerprint density at radius 2 is 1.95 bits per heavy atom. The number of benzene rings is 1. The topological polar surface area (TPSA) is 64.3 Å². The maximum atomic E-state index is 12.0. The molecule has 1 rings (SSSR count). The van der Waals surface area contributed by atoms with Gasteiger partial charge in [-0.15, -0.1) is 12.4 Å². The van der Waals surface area contributed by atoms with Crippen LogP contribution in [0.15, 0.2) is 28.7 Å². The summed E-state index contributed by atoms with van der Waals surface area (Å²) in [6.07, 6.45) is 2.83. The normalized spacial score (nSPS) is 10.7. The molecule has 0 unspecified atom stereocenters. The summed E-state index contributed by atoms with van der Waals surface area (Å²) < 4.78 is 6.57. The minimum Gasteiger partial charge on any atom is -0.492 e. The van der Waals surface area contributed by atoms with Gasteiger partial charge in [0.1, 0.15) is 5.75 Å². The fourth-order valence-electron chi connectivity index (χ4n) is 2.10. The van der Waals surface area contributed by atoms with Gasteiger partial charge >= 0.3 is 0 Å². The number of ether oxygens (including phenoxy) is 1. The third kappa shape index (κ3) is 6.55. The maximum Gasteiger partial charge on any atom is 0.220 e. The number of hydrogen-bond acceptors (Lipinski definition) is 3. The zero-order valence-corrected chi connectivity index (χ0v) is 15.6. The first kappa shape index (κ1) is 21.2. The molecule has 3 N–H and O–H groups in total. The SMILES string of the molecule is CCC(CC)(CN)NC(=O)CCCOc1ccccc1Br.Cl. The van der Waals surface area contributed by atoms with Crippen LogP contribution in [0.25, 0.3) is 0 Å². The average Bonchev–Trinajstić information content (AvgIpc) is 2.51. The monoisotopic (exact) mass is 392 g/mol. The van der Waals surface area contributed by atoms with E-state index in [4.69, 9.17) is 10.5 Å². The highest BCUT2D eigenvalue weighted by Gasteiger charge is 2.25. The van der Waals surface area contributed by atoms with E-state index in [1.807, 2.05) is 38.1 Å². The fraction of sp³-hybridized carbons (Fsp3) is 0.562. The van der Waals surface area contributed by atoms with E-state index in [9.17, 15) is 4.79 Å². The highest BCUT2D eigenvalue weighted by atomic mass is 79.9. The van der Waals surface area contributed by atoms with Crippen molar-refractivity contribution in [3.63, 3.8) is 0 Å². The molecule has 0 spiro atoms. The molecule has 0 aliphatic carbocycles. The van der Waals surface area contributed by atoms with Crippen molar-refractivity contribution < 1.29 is 9.53 Å². The van der Waals surface area contributed by atoms with E-state index in [1.165, 1.54) is 0 Å². The fourth-order valence-corrected chi connectivity index (χ4v) is 2.50. The van der Waals surface area contributed by atoms with Crippen LogP contribution in [0, 0.1) is 0 Å². The largest absolute Gasteiger partial charge is 0.492 e. The lowest BCUT2D eigenvalue weighted by Crippen LogP contribution is -2.52. The van der Waals surface area contributed by atoms with Crippen molar-refractivity contribution in [2.24, 2.45) is 5.73 Å². The molecule has 0 bridgehead atoms. The summed E-state index contributed by atoms with van der Waals surface area (Å²) in [5.41, 5.74) is 5.52. The third-order valence-corrected chi connectivity index (χ3v) is 4.45. The predicted molar refractivity (Wildman–Crippen MR) is 96.6 cm³/mol. The Bertz CT molecular complexity index is 445. The summed E-state index contributed by atoms with van der Waals surface area (Å²) in [7, 11) is 0. The minimum atomic E-state index is -0.263. The highest BCUT2D eigenvalue weighted by Crippen LogP contribution is 2.23. The smallest absolute Gasteiger partial charge is 0.220 e. The van der Waals surface area contributed by atoms with E-state index in [0.29, 0.717) is 26.0 Å². The van der Waals surface area contributed by atoms with Crippen LogP contribution in [0.2, 0.25) is 0 Å². The Morgan fingerprint density at radius 1 is 1.32 bits per heavy atom. The van der Waals surface area contributed by atoms with Crippen LogP contribution in [0.3, 0.4) is 0 Å². The van der Waals surface area contributed by atoms with E-state index in [0.717, 1.165) is 23.1 Å². The van der Waals surface area contributed by atoms with Gasteiger partial charge in [-0.1, -0.05) is 26.0 Å². The first-order chi connectivity index (χ1) is 10.1. The zero-order chi connectivity index (χ0) is 15.7. The summed E-state index contributed by atoms with van der Waals surface area (Å²) in [5, 5.41) is 3.06. The van der Waals surface area contributed by atoms with Gasteiger partial charge in [0, 0.05) is 13.0 Å². The van der Waals surface area contributed by atoms with Crippen molar-refractivity contribution in [2.45, 2.75) is 45.1 Å². The molecule has 1 aromatic rings. The van der Waals surface area contributed by atoms with Gasteiger partial charge in [0.25, 0.3) is 0 Å². The standard InChI is InChI=1S/C16H25BrN2O2.ClH/c1-3-16(4-2,12-18)19-15(20)10-7-11-21-14-9-6-5-8-13(14)17;/h5-6,8-9H,3-4,7,10-12,18H2,1-2H3,(H,19,20);1H. The molecule has 0 saturated carbocycles. The van der Waals surface area contributed by atoms with Gasteiger partial charge in [-0.3, -0.25) is 4.79 Å². The lowest BCUT2D eigenvalue weighted by molar-refractivity contribution is -0.123. The van der Waals surface area contributed by atoms with Gasteiger partial charge in [0.2, 0.25) is 5.91 Å². The van der Waals surface area contributed by atoms with Gasteiger partial charge < -0.3 is 15.8 Å². The number of halogens is 2. The molecule has 0 heterocycles. The minimum absolute atomic E-state index is 0. The molecule has 1 amide bonds. The Morgan fingerprint density at radius 3 is 2.50 bits per heavy atom. The number of rotatable bonds is 9. The predicted octanol–water partition coefficient (Wildman–Crippen LogP) is 3.66. The Kier molecular flexibility index (Phi) is 10.5. The second-order valence-electron chi connectivity index (χ2n) is 5.12. The summed E-state index contributed by atoms with van der Waals surface area (Å²) >= 11 is 3.43. The van der Waals surface area contributed by atoms with E-state index in [1.54, 1.807) is 0 Å². The molecule has 0 radical (unpaired) electrons. The van der Waals surface area contributed by atoms with Crippen LogP contribution in [0.5, 0.6) is 5.75 Å². The Labute approximate surface area is 147 Å². The van der Waals surface area contributed by atoms with Crippen LogP contribution in [0.1, 0.15) is 39.5 Å². The first-order valence-corrected chi connectivity index (χ1v) is 8.24. The van der Waals surface area contributed by atoms with Crippen molar-refractivity contribution >= 4 is 34.2 Å². The molecule has 6 heteroatoms. The van der Waals surface area contributed by atoms with E-state index >= 15 is 0 Å². The van der Waals surface area contributed by atoms with Gasteiger partial charge in [-0.05, 0) is 47.3 Å². The second kappa shape index (κ2) is 10.9. The van der Waals surface area contributed by atoms with Crippen LogP contribution in [-0.2, 0) is 4.79 Å². The summed E-state index contributed by atoms with van der Waals surface area (Å²) in [6, 6.07) is 7.69. The number of para-hydroxylation sites is 1. The quantitative estimate of drug-likeness (QED) is 0.629. The van der Waals surface area contributed by atoms with Crippen LogP contribution < -0.4 is 15.8 Å².